The predicted molar refractivity (Wildman–Crippen MR) is 136 cm³/mol. The number of aryl methyl sites for hydroxylation is 4. The van der Waals surface area contributed by atoms with Crippen LogP contribution in [0, 0.1) is 27.7 Å². The molecule has 0 saturated carbocycles. The minimum Gasteiger partial charge on any atom is -0.325 e. The van der Waals surface area contributed by atoms with E-state index < -0.39 is 0 Å². The molecule has 0 aliphatic heterocycles. The van der Waals surface area contributed by atoms with E-state index in [1.807, 2.05) is 24.5 Å². The number of hydrogen-bond acceptors (Lipinski definition) is 5. The summed E-state index contributed by atoms with van der Waals surface area (Å²) in [6, 6.07) is 12.8. The fourth-order valence-corrected chi connectivity index (χ4v) is 5.17. The Balaban J connectivity index is 1.59. The van der Waals surface area contributed by atoms with Crippen LogP contribution in [0.25, 0.3) is 0 Å². The number of benzene rings is 2. The van der Waals surface area contributed by atoms with E-state index in [1.165, 1.54) is 28.5 Å². The van der Waals surface area contributed by atoms with Crippen LogP contribution in [-0.2, 0) is 22.8 Å². The van der Waals surface area contributed by atoms with E-state index in [0.29, 0.717) is 6.54 Å². The first kappa shape index (κ1) is 24.1. The Labute approximate surface area is 199 Å². The van der Waals surface area contributed by atoms with Gasteiger partial charge in [-0.05, 0) is 44.4 Å². The number of hydrogen-bond donors (Lipinski definition) is 1. The fraction of sp³-hybridized carbons (Fsp3) is 0.320. The number of anilines is 1. The van der Waals surface area contributed by atoms with Gasteiger partial charge in [-0.25, -0.2) is 0 Å². The SMILES string of the molecule is C=CCn1c(CSCc2ccc(C)cc2)nnc1SCC(=O)Nc1c(C)cc(C)cc1C. The second-order valence-electron chi connectivity index (χ2n) is 7.89. The summed E-state index contributed by atoms with van der Waals surface area (Å²) in [4.78, 5) is 12.6. The van der Waals surface area contributed by atoms with Gasteiger partial charge in [0.1, 0.15) is 5.82 Å². The quantitative estimate of drug-likeness (QED) is 0.299. The number of rotatable bonds is 10. The van der Waals surface area contributed by atoms with Crippen LogP contribution < -0.4 is 5.32 Å². The second-order valence-corrected chi connectivity index (χ2v) is 9.82. The van der Waals surface area contributed by atoms with Crippen molar-refractivity contribution in [3.63, 3.8) is 0 Å². The van der Waals surface area contributed by atoms with Crippen molar-refractivity contribution in [3.05, 3.63) is 82.7 Å². The average Bonchev–Trinajstić information content (AvgIpc) is 3.12. The average molecular weight is 467 g/mol. The molecule has 1 aromatic heterocycles. The third kappa shape index (κ3) is 6.50. The van der Waals surface area contributed by atoms with Crippen LogP contribution in [0.2, 0.25) is 0 Å². The molecule has 1 heterocycles. The van der Waals surface area contributed by atoms with Gasteiger partial charge in [0, 0.05) is 18.0 Å². The van der Waals surface area contributed by atoms with Gasteiger partial charge in [0.15, 0.2) is 5.16 Å². The number of nitrogens with one attached hydrogen (secondary N) is 1. The van der Waals surface area contributed by atoms with E-state index in [1.54, 1.807) is 11.8 Å². The molecule has 168 valence electrons. The summed E-state index contributed by atoms with van der Waals surface area (Å²) in [5.41, 5.74) is 6.79. The van der Waals surface area contributed by atoms with E-state index in [0.717, 1.165) is 39.3 Å². The number of allylic oxidation sites excluding steroid dienone is 1. The van der Waals surface area contributed by atoms with Crippen LogP contribution in [0.5, 0.6) is 0 Å². The van der Waals surface area contributed by atoms with Crippen LogP contribution in [0.1, 0.15) is 33.6 Å². The van der Waals surface area contributed by atoms with E-state index in [2.05, 4.69) is 72.3 Å². The van der Waals surface area contributed by atoms with Crippen molar-refractivity contribution in [2.24, 2.45) is 0 Å². The standard InChI is InChI=1S/C25H30N4OS2/c1-6-11-29-22(15-31-14-21-9-7-17(2)8-10-21)27-28-25(29)32-16-23(30)26-24-19(4)12-18(3)13-20(24)5/h6-10,12-13H,1,11,14-16H2,2-5H3,(H,26,30). The van der Waals surface area contributed by atoms with Crippen molar-refractivity contribution in [1.29, 1.82) is 0 Å². The van der Waals surface area contributed by atoms with Crippen molar-refractivity contribution in [2.75, 3.05) is 11.1 Å². The molecular weight excluding hydrogens is 436 g/mol. The minimum atomic E-state index is -0.0477. The molecular formula is C25H30N4OS2. The molecule has 0 aliphatic carbocycles. The number of thioether (sulfide) groups is 2. The highest BCUT2D eigenvalue weighted by Gasteiger charge is 2.15. The minimum absolute atomic E-state index is 0.0477. The highest BCUT2D eigenvalue weighted by atomic mass is 32.2. The van der Waals surface area contributed by atoms with Gasteiger partial charge in [0.05, 0.1) is 11.5 Å². The van der Waals surface area contributed by atoms with Crippen LogP contribution in [0.15, 0.2) is 54.2 Å². The molecule has 32 heavy (non-hydrogen) atoms. The van der Waals surface area contributed by atoms with Gasteiger partial charge < -0.3 is 9.88 Å². The van der Waals surface area contributed by atoms with Crippen molar-refractivity contribution < 1.29 is 4.79 Å². The molecule has 3 aromatic rings. The first-order valence-electron chi connectivity index (χ1n) is 10.5. The first-order chi connectivity index (χ1) is 15.4. The fourth-order valence-electron chi connectivity index (χ4n) is 3.47. The summed E-state index contributed by atoms with van der Waals surface area (Å²) in [7, 11) is 0. The normalized spacial score (nSPS) is 10.9. The Kier molecular flexibility index (Phi) is 8.59. The Morgan fingerprint density at radius 2 is 1.72 bits per heavy atom. The molecule has 0 atom stereocenters. The topological polar surface area (TPSA) is 59.8 Å². The van der Waals surface area contributed by atoms with Gasteiger partial charge in [0.25, 0.3) is 0 Å². The molecule has 0 radical (unpaired) electrons. The van der Waals surface area contributed by atoms with Crippen LogP contribution in [0.4, 0.5) is 5.69 Å². The highest BCUT2D eigenvalue weighted by Crippen LogP contribution is 2.24. The maximum atomic E-state index is 12.6. The van der Waals surface area contributed by atoms with Gasteiger partial charge in [0.2, 0.25) is 5.91 Å². The third-order valence-corrected chi connectivity index (χ3v) is 6.97. The molecule has 1 N–H and O–H groups in total. The smallest absolute Gasteiger partial charge is 0.234 e. The number of aromatic nitrogens is 3. The van der Waals surface area contributed by atoms with Crippen molar-refractivity contribution in [3.8, 4) is 0 Å². The lowest BCUT2D eigenvalue weighted by atomic mass is 10.1. The second kappa shape index (κ2) is 11.4. The maximum absolute atomic E-state index is 12.6. The van der Waals surface area contributed by atoms with Crippen molar-refractivity contribution in [1.82, 2.24) is 14.8 Å². The molecule has 0 saturated heterocycles. The number of amides is 1. The van der Waals surface area contributed by atoms with Crippen molar-refractivity contribution in [2.45, 2.75) is 50.9 Å². The lowest BCUT2D eigenvalue weighted by molar-refractivity contribution is -0.113. The Morgan fingerprint density at radius 3 is 2.38 bits per heavy atom. The van der Waals surface area contributed by atoms with Crippen molar-refractivity contribution >= 4 is 35.1 Å². The number of carbonyl (C=O) groups is 1. The Bertz CT molecular complexity index is 1070. The van der Waals surface area contributed by atoms with E-state index in [-0.39, 0.29) is 11.7 Å². The van der Waals surface area contributed by atoms with Crippen LogP contribution in [0.3, 0.4) is 0 Å². The molecule has 0 unspecified atom stereocenters. The highest BCUT2D eigenvalue weighted by molar-refractivity contribution is 7.99. The summed E-state index contributed by atoms with van der Waals surface area (Å²) < 4.78 is 2.04. The molecule has 0 spiro atoms. The molecule has 0 aliphatic rings. The molecule has 1 amide bonds. The van der Waals surface area contributed by atoms with Crippen LogP contribution >= 0.6 is 23.5 Å². The maximum Gasteiger partial charge on any atom is 0.234 e. The van der Waals surface area contributed by atoms with Gasteiger partial charge in [-0.15, -0.1) is 28.5 Å². The van der Waals surface area contributed by atoms with Gasteiger partial charge in [-0.2, -0.15) is 0 Å². The summed E-state index contributed by atoms with van der Waals surface area (Å²) >= 11 is 3.20. The summed E-state index contributed by atoms with van der Waals surface area (Å²) in [5, 5.41) is 12.5. The van der Waals surface area contributed by atoms with Gasteiger partial charge in [-0.3, -0.25) is 4.79 Å². The number of nitrogens with zero attached hydrogens (tertiary/aromatic N) is 3. The summed E-state index contributed by atoms with van der Waals surface area (Å²) in [5.74, 6) is 2.80. The zero-order valence-electron chi connectivity index (χ0n) is 19.1. The molecule has 7 heteroatoms. The summed E-state index contributed by atoms with van der Waals surface area (Å²) in [6.45, 7) is 12.7. The molecule has 2 aromatic carbocycles. The van der Waals surface area contributed by atoms with E-state index >= 15 is 0 Å². The largest absolute Gasteiger partial charge is 0.325 e. The lowest BCUT2D eigenvalue weighted by Gasteiger charge is -2.13. The molecule has 5 nitrogen and oxygen atoms in total. The zero-order valence-corrected chi connectivity index (χ0v) is 20.8. The molecule has 0 bridgehead atoms. The number of carbonyl (C=O) groups excluding carboxylic acids is 1. The molecule has 3 rings (SSSR count). The van der Waals surface area contributed by atoms with Gasteiger partial charge >= 0.3 is 0 Å². The lowest BCUT2D eigenvalue weighted by Crippen LogP contribution is -2.16. The van der Waals surface area contributed by atoms with Crippen LogP contribution in [-0.4, -0.2) is 26.4 Å². The zero-order chi connectivity index (χ0) is 23.1. The van der Waals surface area contributed by atoms with E-state index in [4.69, 9.17) is 0 Å². The Morgan fingerprint density at radius 1 is 1.03 bits per heavy atom. The monoisotopic (exact) mass is 466 g/mol. The van der Waals surface area contributed by atoms with E-state index in [9.17, 15) is 4.79 Å². The summed E-state index contributed by atoms with van der Waals surface area (Å²) in [6.07, 6.45) is 1.83. The Hall–Kier alpha value is -2.51. The third-order valence-electron chi connectivity index (χ3n) is 5.00. The predicted octanol–water partition coefficient (Wildman–Crippen LogP) is 5.86. The molecule has 0 fully saturated rings. The first-order valence-corrected chi connectivity index (χ1v) is 12.7. The van der Waals surface area contributed by atoms with Gasteiger partial charge in [-0.1, -0.05) is 65.4 Å².